The summed E-state index contributed by atoms with van der Waals surface area (Å²) in [6.45, 7) is 2.16. The zero-order valence-electron chi connectivity index (χ0n) is 10.5. The molecule has 0 amide bonds. The van der Waals surface area contributed by atoms with Crippen molar-refractivity contribution >= 4 is 54.8 Å². The maximum absolute atomic E-state index is 6.14. The summed E-state index contributed by atoms with van der Waals surface area (Å²) in [5, 5.41) is 0.694. The molecular weight excluding hydrogens is 411 g/mol. The zero-order valence-corrected chi connectivity index (χ0v) is 15.3. The summed E-state index contributed by atoms with van der Waals surface area (Å²) in [5.74, 6) is 0.817. The third-order valence-corrected chi connectivity index (χ3v) is 6.19. The van der Waals surface area contributed by atoms with Gasteiger partial charge in [-0.15, -0.1) is 11.3 Å². The van der Waals surface area contributed by atoms with E-state index >= 15 is 0 Å². The van der Waals surface area contributed by atoms with Crippen LogP contribution in [-0.2, 0) is 6.42 Å². The molecule has 102 valence electrons. The van der Waals surface area contributed by atoms with Crippen LogP contribution in [0.15, 0.2) is 28.7 Å². The summed E-state index contributed by atoms with van der Waals surface area (Å²) in [6, 6.07) is 8.10. The Morgan fingerprint density at radius 1 is 1.37 bits per heavy atom. The van der Waals surface area contributed by atoms with E-state index in [1.165, 1.54) is 9.75 Å². The number of aryl methyl sites for hydroxylation is 1. The van der Waals surface area contributed by atoms with Gasteiger partial charge >= 0.3 is 0 Å². The summed E-state index contributed by atoms with van der Waals surface area (Å²) >= 11 is 15.2. The van der Waals surface area contributed by atoms with Gasteiger partial charge in [0.1, 0.15) is 5.75 Å². The van der Waals surface area contributed by atoms with Crippen molar-refractivity contribution < 1.29 is 4.74 Å². The van der Waals surface area contributed by atoms with Crippen LogP contribution in [0, 0.1) is 0 Å². The van der Waals surface area contributed by atoms with E-state index in [0.717, 1.165) is 22.2 Å². The first-order valence-electron chi connectivity index (χ1n) is 5.82. The molecule has 1 nitrogen and oxygen atoms in total. The average Bonchev–Trinajstić information content (AvgIpc) is 2.85. The maximum Gasteiger partial charge on any atom is 0.137 e. The molecule has 0 N–H and O–H groups in total. The highest BCUT2D eigenvalue weighted by Gasteiger charge is 2.19. The van der Waals surface area contributed by atoms with E-state index in [1.807, 2.05) is 12.1 Å². The largest absolute Gasteiger partial charge is 0.495 e. The number of alkyl halides is 1. The van der Waals surface area contributed by atoms with Crippen LogP contribution in [0.3, 0.4) is 0 Å². The molecule has 0 fully saturated rings. The molecule has 2 aromatic rings. The second-order valence-electron chi connectivity index (χ2n) is 4.03. The fourth-order valence-corrected chi connectivity index (χ4v) is 4.58. The van der Waals surface area contributed by atoms with Gasteiger partial charge in [-0.2, -0.15) is 0 Å². The van der Waals surface area contributed by atoms with Crippen LogP contribution >= 0.6 is 54.8 Å². The summed E-state index contributed by atoms with van der Waals surface area (Å²) in [7, 11) is 1.67. The molecule has 0 saturated carbocycles. The molecule has 0 bridgehead atoms. The molecular formula is C14H13Br2ClOS. The first-order chi connectivity index (χ1) is 9.06. The van der Waals surface area contributed by atoms with E-state index in [1.54, 1.807) is 18.4 Å². The number of methoxy groups -OCH3 is 1. The maximum atomic E-state index is 6.14. The van der Waals surface area contributed by atoms with Crippen molar-refractivity contribution in [3.8, 4) is 5.75 Å². The van der Waals surface area contributed by atoms with Gasteiger partial charge in [0, 0.05) is 20.3 Å². The first-order valence-corrected chi connectivity index (χ1v) is 8.72. The number of benzene rings is 1. The molecule has 1 atom stereocenters. The van der Waals surface area contributed by atoms with Crippen LogP contribution in [0.2, 0.25) is 5.02 Å². The van der Waals surface area contributed by atoms with Gasteiger partial charge in [0.2, 0.25) is 0 Å². The minimum absolute atomic E-state index is 0.0859. The van der Waals surface area contributed by atoms with E-state index in [2.05, 4.69) is 50.9 Å². The lowest BCUT2D eigenvalue weighted by Crippen LogP contribution is -1.96. The SMILES string of the molecule is CCc1ccc(C(Br)c2cc(Cl)cc(Br)c2OC)s1. The highest BCUT2D eigenvalue weighted by Crippen LogP contribution is 2.43. The molecule has 0 aliphatic rings. The fourth-order valence-electron chi connectivity index (χ4n) is 1.86. The Bertz CT molecular complexity index is 583. The predicted molar refractivity (Wildman–Crippen MR) is 90.2 cm³/mol. The predicted octanol–water partition coefficient (Wildman–Crippen LogP) is 6.22. The number of rotatable bonds is 4. The molecule has 2 rings (SSSR count). The fraction of sp³-hybridized carbons (Fsp3) is 0.286. The van der Waals surface area contributed by atoms with Crippen LogP contribution < -0.4 is 4.74 Å². The first kappa shape index (κ1) is 15.4. The van der Waals surface area contributed by atoms with Gasteiger partial charge in [0.05, 0.1) is 16.4 Å². The van der Waals surface area contributed by atoms with Gasteiger partial charge in [-0.1, -0.05) is 34.5 Å². The van der Waals surface area contributed by atoms with Crippen LogP contribution in [0.1, 0.15) is 27.1 Å². The highest BCUT2D eigenvalue weighted by molar-refractivity contribution is 9.10. The van der Waals surface area contributed by atoms with Gasteiger partial charge < -0.3 is 4.74 Å². The summed E-state index contributed by atoms with van der Waals surface area (Å²) in [4.78, 5) is 2.71. The van der Waals surface area contributed by atoms with E-state index < -0.39 is 0 Å². The molecule has 19 heavy (non-hydrogen) atoms. The molecule has 1 heterocycles. The smallest absolute Gasteiger partial charge is 0.137 e. The molecule has 1 unspecified atom stereocenters. The number of thiophene rings is 1. The van der Waals surface area contributed by atoms with Crippen molar-refractivity contribution in [2.45, 2.75) is 18.2 Å². The van der Waals surface area contributed by atoms with Crippen molar-refractivity contribution in [2.75, 3.05) is 7.11 Å². The van der Waals surface area contributed by atoms with Crippen LogP contribution in [-0.4, -0.2) is 7.11 Å². The Hall–Kier alpha value is -0.0300. The lowest BCUT2D eigenvalue weighted by Gasteiger charge is -2.15. The van der Waals surface area contributed by atoms with Crippen LogP contribution in [0.5, 0.6) is 5.75 Å². The van der Waals surface area contributed by atoms with Gasteiger partial charge in [-0.3, -0.25) is 0 Å². The standard InChI is InChI=1S/C14H13Br2ClOS/c1-3-9-4-5-12(19-9)13(16)10-6-8(17)7-11(15)14(10)18-2/h4-7,13H,3H2,1-2H3. The Morgan fingerprint density at radius 2 is 2.11 bits per heavy atom. The molecule has 1 aromatic heterocycles. The Kier molecular flexibility index (Phi) is 5.35. The summed E-state index contributed by atoms with van der Waals surface area (Å²) in [5.41, 5.74) is 1.03. The minimum atomic E-state index is 0.0859. The van der Waals surface area contributed by atoms with E-state index in [0.29, 0.717) is 5.02 Å². The van der Waals surface area contributed by atoms with Crippen molar-refractivity contribution in [2.24, 2.45) is 0 Å². The van der Waals surface area contributed by atoms with E-state index in [4.69, 9.17) is 16.3 Å². The van der Waals surface area contributed by atoms with Crippen molar-refractivity contribution in [1.29, 1.82) is 0 Å². The number of ether oxygens (including phenoxy) is 1. The number of hydrogen-bond acceptors (Lipinski definition) is 2. The molecule has 1 aromatic carbocycles. The minimum Gasteiger partial charge on any atom is -0.495 e. The number of halogens is 3. The van der Waals surface area contributed by atoms with Gasteiger partial charge in [-0.05, 0) is 46.6 Å². The molecule has 0 aliphatic heterocycles. The van der Waals surface area contributed by atoms with Gasteiger partial charge in [0.15, 0.2) is 0 Å². The monoisotopic (exact) mass is 422 g/mol. The van der Waals surface area contributed by atoms with Crippen LogP contribution in [0.25, 0.3) is 0 Å². The van der Waals surface area contributed by atoms with Crippen molar-refractivity contribution in [1.82, 2.24) is 0 Å². The second kappa shape index (κ2) is 6.61. The van der Waals surface area contributed by atoms with E-state index in [9.17, 15) is 0 Å². The lowest BCUT2D eigenvalue weighted by atomic mass is 10.1. The highest BCUT2D eigenvalue weighted by atomic mass is 79.9. The summed E-state index contributed by atoms with van der Waals surface area (Å²) in [6.07, 6.45) is 1.06. The normalized spacial score (nSPS) is 12.5. The van der Waals surface area contributed by atoms with Crippen molar-refractivity contribution in [3.63, 3.8) is 0 Å². The molecule has 0 radical (unpaired) electrons. The molecule has 5 heteroatoms. The van der Waals surface area contributed by atoms with Gasteiger partial charge in [0.25, 0.3) is 0 Å². The number of hydrogen-bond donors (Lipinski definition) is 0. The summed E-state index contributed by atoms with van der Waals surface area (Å²) < 4.78 is 6.35. The van der Waals surface area contributed by atoms with Crippen molar-refractivity contribution in [3.05, 3.63) is 49.1 Å². The second-order valence-corrected chi connectivity index (χ2v) is 7.44. The lowest BCUT2D eigenvalue weighted by molar-refractivity contribution is 0.408. The third-order valence-electron chi connectivity index (χ3n) is 2.79. The third kappa shape index (κ3) is 3.35. The Balaban J connectivity index is 2.45. The Morgan fingerprint density at radius 3 is 2.68 bits per heavy atom. The van der Waals surface area contributed by atoms with Gasteiger partial charge in [-0.25, -0.2) is 0 Å². The average molecular weight is 425 g/mol. The molecule has 0 spiro atoms. The van der Waals surface area contributed by atoms with Crippen LogP contribution in [0.4, 0.5) is 0 Å². The quantitative estimate of drug-likeness (QED) is 0.530. The zero-order chi connectivity index (χ0) is 14.0. The van der Waals surface area contributed by atoms with E-state index in [-0.39, 0.29) is 4.83 Å². The Labute approximate surface area is 139 Å². The topological polar surface area (TPSA) is 9.23 Å². The molecule has 0 saturated heterocycles. The molecule has 0 aliphatic carbocycles.